The molecule has 0 radical (unpaired) electrons. The van der Waals surface area contributed by atoms with Crippen molar-refractivity contribution in [2.75, 3.05) is 6.61 Å². The highest BCUT2D eigenvalue weighted by molar-refractivity contribution is 5.71. The fraction of sp³-hybridized carbons (Fsp3) is 0.971. The molecule has 0 aliphatic carbocycles. The van der Waals surface area contributed by atoms with Crippen LogP contribution in [0.5, 0.6) is 0 Å². The smallest absolute Gasteiger partial charge is 0.308 e. The SMILES string of the molecule is CCCCCCCCCCCCC(CCCCCCCCC)COC(=O)C(C)CCCCCCCC. The minimum absolute atomic E-state index is 0.0520. The van der Waals surface area contributed by atoms with Crippen molar-refractivity contribution in [1.82, 2.24) is 0 Å². The Bertz CT molecular complexity index is 433. The predicted molar refractivity (Wildman–Crippen MR) is 161 cm³/mol. The van der Waals surface area contributed by atoms with Crippen LogP contribution >= 0.6 is 0 Å². The van der Waals surface area contributed by atoms with Gasteiger partial charge in [0.25, 0.3) is 0 Å². The average molecular weight is 509 g/mol. The molecule has 0 aromatic rings. The van der Waals surface area contributed by atoms with Crippen molar-refractivity contribution in [1.29, 1.82) is 0 Å². The molecule has 2 atom stereocenters. The Labute approximate surface area is 228 Å². The van der Waals surface area contributed by atoms with Gasteiger partial charge in [-0.3, -0.25) is 4.79 Å². The zero-order chi connectivity index (χ0) is 26.5. The number of hydrogen-bond acceptors (Lipinski definition) is 2. The molecule has 0 fully saturated rings. The molecule has 0 aliphatic rings. The molecule has 0 spiro atoms. The Morgan fingerprint density at radius 3 is 1.14 bits per heavy atom. The van der Waals surface area contributed by atoms with Crippen LogP contribution in [-0.2, 0) is 9.53 Å². The van der Waals surface area contributed by atoms with Crippen molar-refractivity contribution in [3.8, 4) is 0 Å². The molecule has 0 aliphatic heterocycles. The van der Waals surface area contributed by atoms with Crippen molar-refractivity contribution in [2.45, 2.75) is 195 Å². The van der Waals surface area contributed by atoms with E-state index in [-0.39, 0.29) is 11.9 Å². The molecule has 0 saturated carbocycles. The number of esters is 1. The summed E-state index contributed by atoms with van der Waals surface area (Å²) >= 11 is 0. The van der Waals surface area contributed by atoms with E-state index in [0.717, 1.165) is 6.42 Å². The summed E-state index contributed by atoms with van der Waals surface area (Å²) in [4.78, 5) is 12.6. The minimum atomic E-state index is 0.0520. The van der Waals surface area contributed by atoms with E-state index < -0.39 is 0 Å². The largest absolute Gasteiger partial charge is 0.465 e. The van der Waals surface area contributed by atoms with E-state index in [1.807, 2.05) is 0 Å². The third-order valence-electron chi connectivity index (χ3n) is 8.04. The predicted octanol–water partition coefficient (Wildman–Crippen LogP) is 12.0. The fourth-order valence-electron chi connectivity index (χ4n) is 5.31. The van der Waals surface area contributed by atoms with Crippen LogP contribution in [0, 0.1) is 11.8 Å². The maximum absolute atomic E-state index is 12.6. The van der Waals surface area contributed by atoms with Crippen molar-refractivity contribution in [2.24, 2.45) is 11.8 Å². The zero-order valence-corrected chi connectivity index (χ0v) is 25.6. The van der Waals surface area contributed by atoms with Crippen LogP contribution in [0.3, 0.4) is 0 Å². The van der Waals surface area contributed by atoms with E-state index in [2.05, 4.69) is 27.7 Å². The van der Waals surface area contributed by atoms with E-state index in [9.17, 15) is 4.79 Å². The highest BCUT2D eigenvalue weighted by Gasteiger charge is 2.17. The fourth-order valence-corrected chi connectivity index (χ4v) is 5.31. The van der Waals surface area contributed by atoms with Gasteiger partial charge in [0, 0.05) is 0 Å². The Morgan fingerprint density at radius 2 is 0.778 bits per heavy atom. The van der Waals surface area contributed by atoms with Gasteiger partial charge in [0.1, 0.15) is 0 Å². The lowest BCUT2D eigenvalue weighted by Gasteiger charge is -2.19. The second-order valence-corrected chi connectivity index (χ2v) is 11.8. The molecule has 0 aromatic heterocycles. The Kier molecular flexibility index (Phi) is 28.6. The molecule has 0 bridgehead atoms. The van der Waals surface area contributed by atoms with Crippen LogP contribution < -0.4 is 0 Å². The molecular weight excluding hydrogens is 440 g/mol. The Morgan fingerprint density at radius 1 is 0.472 bits per heavy atom. The van der Waals surface area contributed by atoms with Gasteiger partial charge < -0.3 is 4.74 Å². The normalized spacial score (nSPS) is 13.1. The molecule has 0 N–H and O–H groups in total. The molecular formula is C34H68O2. The summed E-state index contributed by atoms with van der Waals surface area (Å²) in [6.45, 7) is 9.57. The van der Waals surface area contributed by atoms with Crippen LogP contribution in [0.15, 0.2) is 0 Å². The van der Waals surface area contributed by atoms with Crippen LogP contribution in [0.1, 0.15) is 195 Å². The van der Waals surface area contributed by atoms with E-state index in [0.29, 0.717) is 12.5 Å². The molecule has 0 rings (SSSR count). The number of hydrogen-bond donors (Lipinski definition) is 0. The standard InChI is InChI=1S/C34H68O2/c1-5-8-11-14-17-18-19-21-24-27-30-33(29-26-23-20-15-12-9-6-2)31-36-34(35)32(4)28-25-22-16-13-10-7-3/h32-33H,5-31H2,1-4H3. The van der Waals surface area contributed by atoms with Crippen LogP contribution in [0.4, 0.5) is 0 Å². The molecule has 2 unspecified atom stereocenters. The summed E-state index contributed by atoms with van der Waals surface area (Å²) < 4.78 is 5.88. The monoisotopic (exact) mass is 509 g/mol. The lowest BCUT2D eigenvalue weighted by atomic mass is 9.94. The molecule has 0 saturated heterocycles. The maximum Gasteiger partial charge on any atom is 0.308 e. The van der Waals surface area contributed by atoms with Crippen molar-refractivity contribution in [3.63, 3.8) is 0 Å². The van der Waals surface area contributed by atoms with Crippen LogP contribution in [-0.4, -0.2) is 12.6 Å². The first-order chi connectivity index (χ1) is 17.7. The third kappa shape index (κ3) is 25.1. The summed E-state index contributed by atoms with van der Waals surface area (Å²) in [5.41, 5.74) is 0. The molecule has 216 valence electrons. The second kappa shape index (κ2) is 29.0. The van der Waals surface area contributed by atoms with Gasteiger partial charge in [-0.05, 0) is 25.2 Å². The highest BCUT2D eigenvalue weighted by Crippen LogP contribution is 2.21. The maximum atomic E-state index is 12.6. The second-order valence-electron chi connectivity index (χ2n) is 11.8. The van der Waals surface area contributed by atoms with Crippen molar-refractivity contribution < 1.29 is 9.53 Å². The summed E-state index contributed by atoms with van der Waals surface area (Å²) in [5, 5.41) is 0. The van der Waals surface area contributed by atoms with Crippen molar-refractivity contribution in [3.05, 3.63) is 0 Å². The van der Waals surface area contributed by atoms with E-state index in [1.54, 1.807) is 0 Å². The van der Waals surface area contributed by atoms with Gasteiger partial charge in [-0.25, -0.2) is 0 Å². The Hall–Kier alpha value is -0.530. The van der Waals surface area contributed by atoms with Crippen LogP contribution in [0.25, 0.3) is 0 Å². The van der Waals surface area contributed by atoms with Crippen molar-refractivity contribution >= 4 is 5.97 Å². The summed E-state index contributed by atoms with van der Waals surface area (Å²) in [7, 11) is 0. The first kappa shape index (κ1) is 35.5. The number of unbranched alkanes of at least 4 members (excludes halogenated alkanes) is 20. The van der Waals surface area contributed by atoms with Gasteiger partial charge in [-0.1, -0.05) is 175 Å². The van der Waals surface area contributed by atoms with Gasteiger partial charge in [0.2, 0.25) is 0 Å². The number of carbonyl (C=O) groups excluding carboxylic acids is 1. The molecule has 0 heterocycles. The van der Waals surface area contributed by atoms with E-state index in [1.165, 1.54) is 161 Å². The molecule has 2 nitrogen and oxygen atoms in total. The Balaban J connectivity index is 4.14. The lowest BCUT2D eigenvalue weighted by Crippen LogP contribution is -2.20. The zero-order valence-electron chi connectivity index (χ0n) is 25.6. The molecule has 2 heteroatoms. The summed E-state index contributed by atoms with van der Waals surface area (Å²) in [5.74, 6) is 0.684. The lowest BCUT2D eigenvalue weighted by molar-refractivity contribution is -0.149. The average Bonchev–Trinajstić information content (AvgIpc) is 2.88. The third-order valence-corrected chi connectivity index (χ3v) is 8.04. The van der Waals surface area contributed by atoms with E-state index >= 15 is 0 Å². The van der Waals surface area contributed by atoms with Gasteiger partial charge in [-0.15, -0.1) is 0 Å². The molecule has 0 amide bonds. The number of carbonyl (C=O) groups is 1. The first-order valence-corrected chi connectivity index (χ1v) is 16.8. The van der Waals surface area contributed by atoms with Gasteiger partial charge in [-0.2, -0.15) is 0 Å². The number of ether oxygens (including phenoxy) is 1. The molecule has 0 aromatic carbocycles. The van der Waals surface area contributed by atoms with Gasteiger partial charge >= 0.3 is 5.97 Å². The van der Waals surface area contributed by atoms with Gasteiger partial charge in [0.15, 0.2) is 0 Å². The van der Waals surface area contributed by atoms with E-state index in [4.69, 9.17) is 4.74 Å². The topological polar surface area (TPSA) is 26.3 Å². The molecule has 36 heavy (non-hydrogen) atoms. The number of rotatable bonds is 29. The minimum Gasteiger partial charge on any atom is -0.465 e. The van der Waals surface area contributed by atoms with Gasteiger partial charge in [0.05, 0.1) is 12.5 Å². The summed E-state index contributed by atoms with van der Waals surface area (Å²) in [6.07, 6.45) is 34.6. The highest BCUT2D eigenvalue weighted by atomic mass is 16.5. The van der Waals surface area contributed by atoms with Crippen LogP contribution in [0.2, 0.25) is 0 Å². The quantitative estimate of drug-likeness (QED) is 0.0741. The first-order valence-electron chi connectivity index (χ1n) is 16.8. The summed E-state index contributed by atoms with van der Waals surface area (Å²) in [6, 6.07) is 0.